The van der Waals surface area contributed by atoms with Gasteiger partial charge in [0.1, 0.15) is 0 Å². The van der Waals surface area contributed by atoms with Crippen LogP contribution in [-0.2, 0) is 6.42 Å². The number of hydrogen-bond donors (Lipinski definition) is 6. The number of carbonyl (C=O) groups is 1. The predicted molar refractivity (Wildman–Crippen MR) is 117 cm³/mol. The van der Waals surface area contributed by atoms with Gasteiger partial charge in [0.05, 0.1) is 11.7 Å². The van der Waals surface area contributed by atoms with Crippen LogP contribution in [-0.4, -0.2) is 42.5 Å². The molecule has 1 unspecified atom stereocenters. The third-order valence-electron chi connectivity index (χ3n) is 4.76. The highest BCUT2D eigenvalue weighted by Crippen LogP contribution is 2.25. The Kier molecular flexibility index (Phi) is 8.21. The lowest BCUT2D eigenvalue weighted by Crippen LogP contribution is -2.40. The third-order valence-corrected chi connectivity index (χ3v) is 4.76. The summed E-state index contributed by atoms with van der Waals surface area (Å²) in [6.07, 6.45) is 0.642. The lowest BCUT2D eigenvalue weighted by atomic mass is 10.0. The first-order valence-corrected chi connectivity index (χ1v) is 9.54. The fraction of sp³-hybridized carbons (Fsp3) is 0.318. The second kappa shape index (κ2) is 10.6. The molecule has 0 aromatic heterocycles. The molecule has 0 bridgehead atoms. The van der Waals surface area contributed by atoms with Gasteiger partial charge < -0.3 is 27.0 Å². The fourth-order valence-corrected chi connectivity index (χ4v) is 3.11. The van der Waals surface area contributed by atoms with Gasteiger partial charge in [-0.2, -0.15) is 0 Å². The van der Waals surface area contributed by atoms with Crippen LogP contribution >= 0.6 is 0 Å². The molecule has 0 amide bonds. The minimum absolute atomic E-state index is 0.00957. The maximum atomic E-state index is 10.9. The molecule has 0 fully saturated rings. The van der Waals surface area contributed by atoms with Gasteiger partial charge in [-0.25, -0.2) is 4.79 Å². The van der Waals surface area contributed by atoms with Crippen LogP contribution in [0.3, 0.4) is 0 Å². The van der Waals surface area contributed by atoms with Crippen LogP contribution in [0.5, 0.6) is 0 Å². The molecule has 1 atom stereocenters. The maximum absolute atomic E-state index is 10.9. The van der Waals surface area contributed by atoms with Crippen molar-refractivity contribution in [1.82, 2.24) is 5.32 Å². The van der Waals surface area contributed by atoms with Crippen molar-refractivity contribution in [2.45, 2.75) is 25.9 Å². The summed E-state index contributed by atoms with van der Waals surface area (Å²) >= 11 is 0. The molecule has 0 saturated carbocycles. The molecule has 0 saturated heterocycles. The summed E-state index contributed by atoms with van der Waals surface area (Å²) in [5.74, 6) is -0.953. The van der Waals surface area contributed by atoms with Gasteiger partial charge in [-0.05, 0) is 48.2 Å². The largest absolute Gasteiger partial charge is 0.478 e. The lowest BCUT2D eigenvalue weighted by molar-refractivity contribution is 0.0697. The Bertz CT molecular complexity index is 863. The molecule has 2 aromatic carbocycles. The molecule has 0 aliphatic carbocycles. The van der Waals surface area contributed by atoms with Crippen molar-refractivity contribution in [2.24, 2.45) is 11.5 Å². The summed E-state index contributed by atoms with van der Waals surface area (Å²) in [5, 5.41) is 24.8. The Morgan fingerprint density at radius 2 is 1.86 bits per heavy atom. The number of benzene rings is 2. The van der Waals surface area contributed by atoms with E-state index in [1.165, 1.54) is 0 Å². The van der Waals surface area contributed by atoms with Gasteiger partial charge in [0.15, 0.2) is 0 Å². The Balaban J connectivity index is 2.09. The Morgan fingerprint density at radius 3 is 2.45 bits per heavy atom. The average Bonchev–Trinajstić information content (AvgIpc) is 2.70. The van der Waals surface area contributed by atoms with Gasteiger partial charge >= 0.3 is 5.97 Å². The standard InChI is InChI=1S/C22H30N4O3/c1-14-3-8-18(19(11-14)25-2)21(24)17(9-10-27)13-26-20(23)12-15-4-6-16(7-5-15)22(28)29/h3-8,11,20,25-27H,9-10,12-13,23-24H2,1-2H3,(H,28,29)/b21-17-. The summed E-state index contributed by atoms with van der Waals surface area (Å²) in [4.78, 5) is 10.9. The normalized spacial score (nSPS) is 13.0. The minimum atomic E-state index is -0.953. The molecule has 8 N–H and O–H groups in total. The zero-order valence-electron chi connectivity index (χ0n) is 16.9. The van der Waals surface area contributed by atoms with E-state index in [0.29, 0.717) is 25.1 Å². The minimum Gasteiger partial charge on any atom is -0.478 e. The van der Waals surface area contributed by atoms with Crippen LogP contribution in [0, 0.1) is 6.92 Å². The maximum Gasteiger partial charge on any atom is 0.335 e. The number of aliphatic hydroxyl groups excluding tert-OH is 1. The topological polar surface area (TPSA) is 134 Å². The summed E-state index contributed by atoms with van der Waals surface area (Å²) in [7, 11) is 1.85. The molecule has 0 heterocycles. The number of hydrogen-bond acceptors (Lipinski definition) is 6. The van der Waals surface area contributed by atoms with E-state index in [1.54, 1.807) is 24.3 Å². The molecule has 0 spiro atoms. The Hall–Kier alpha value is -2.87. The first-order valence-electron chi connectivity index (χ1n) is 9.54. The van der Waals surface area contributed by atoms with Crippen molar-refractivity contribution in [2.75, 3.05) is 25.5 Å². The molecule has 156 valence electrons. The number of rotatable bonds is 10. The molecule has 2 aromatic rings. The van der Waals surface area contributed by atoms with Crippen molar-refractivity contribution >= 4 is 17.4 Å². The number of carboxylic acid groups (broad SMARTS) is 1. The Morgan fingerprint density at radius 1 is 1.17 bits per heavy atom. The van der Waals surface area contributed by atoms with Gasteiger partial charge in [0, 0.05) is 43.6 Å². The van der Waals surface area contributed by atoms with Gasteiger partial charge in [0.25, 0.3) is 0 Å². The Labute approximate surface area is 171 Å². The second-order valence-corrected chi connectivity index (χ2v) is 6.98. The van der Waals surface area contributed by atoms with Gasteiger partial charge in [0.2, 0.25) is 0 Å². The highest BCUT2D eigenvalue weighted by molar-refractivity contribution is 5.87. The molecule has 2 rings (SSSR count). The molecule has 7 heteroatoms. The molecule has 0 radical (unpaired) electrons. The van der Waals surface area contributed by atoms with Crippen molar-refractivity contribution in [1.29, 1.82) is 0 Å². The van der Waals surface area contributed by atoms with Crippen LogP contribution in [0.2, 0.25) is 0 Å². The lowest BCUT2D eigenvalue weighted by Gasteiger charge is -2.19. The molecule has 0 aliphatic rings. The second-order valence-electron chi connectivity index (χ2n) is 6.98. The number of carboxylic acids is 1. The summed E-state index contributed by atoms with van der Waals surface area (Å²) in [6.45, 7) is 2.45. The smallest absolute Gasteiger partial charge is 0.335 e. The van der Waals surface area contributed by atoms with Crippen LogP contribution in [0.15, 0.2) is 48.0 Å². The number of nitrogens with two attached hydrogens (primary N) is 2. The molecule has 29 heavy (non-hydrogen) atoms. The van der Waals surface area contributed by atoms with Gasteiger partial charge in [-0.15, -0.1) is 0 Å². The monoisotopic (exact) mass is 398 g/mol. The van der Waals surface area contributed by atoms with E-state index in [2.05, 4.69) is 10.6 Å². The van der Waals surface area contributed by atoms with Crippen LogP contribution < -0.4 is 22.1 Å². The van der Waals surface area contributed by atoms with E-state index in [1.807, 2.05) is 32.2 Å². The third kappa shape index (κ3) is 6.32. The molecule has 7 nitrogen and oxygen atoms in total. The summed E-state index contributed by atoms with van der Waals surface area (Å²) < 4.78 is 0. The number of anilines is 1. The van der Waals surface area contributed by atoms with E-state index in [4.69, 9.17) is 16.6 Å². The molecular weight excluding hydrogens is 368 g/mol. The first kappa shape index (κ1) is 22.4. The van der Waals surface area contributed by atoms with Crippen molar-refractivity contribution in [3.63, 3.8) is 0 Å². The van der Waals surface area contributed by atoms with Crippen LogP contribution in [0.4, 0.5) is 5.69 Å². The highest BCUT2D eigenvalue weighted by Gasteiger charge is 2.12. The SMILES string of the molecule is CNc1cc(C)ccc1/C(N)=C(\CCO)CNC(N)Cc1ccc(C(=O)O)cc1. The van der Waals surface area contributed by atoms with E-state index in [-0.39, 0.29) is 18.3 Å². The van der Waals surface area contributed by atoms with E-state index < -0.39 is 5.97 Å². The molecular formula is C22H30N4O3. The van der Waals surface area contributed by atoms with Gasteiger partial charge in [-0.1, -0.05) is 24.3 Å². The number of aliphatic hydroxyl groups is 1. The van der Waals surface area contributed by atoms with Crippen LogP contribution in [0.25, 0.3) is 5.70 Å². The number of aromatic carboxylic acids is 1. The summed E-state index contributed by atoms with van der Waals surface area (Å²) in [6, 6.07) is 12.6. The summed E-state index contributed by atoms with van der Waals surface area (Å²) in [5.41, 5.74) is 18.3. The van der Waals surface area contributed by atoms with Gasteiger partial charge in [-0.3, -0.25) is 5.32 Å². The first-order chi connectivity index (χ1) is 13.8. The van der Waals surface area contributed by atoms with E-state index in [0.717, 1.165) is 28.0 Å². The van der Waals surface area contributed by atoms with Crippen molar-refractivity contribution < 1.29 is 15.0 Å². The van der Waals surface area contributed by atoms with Crippen molar-refractivity contribution in [3.8, 4) is 0 Å². The number of nitrogens with one attached hydrogen (secondary N) is 2. The average molecular weight is 399 g/mol. The van der Waals surface area contributed by atoms with E-state index in [9.17, 15) is 9.90 Å². The number of aryl methyl sites for hydroxylation is 1. The zero-order valence-corrected chi connectivity index (χ0v) is 16.9. The van der Waals surface area contributed by atoms with Crippen molar-refractivity contribution in [3.05, 3.63) is 70.3 Å². The quantitative estimate of drug-likeness (QED) is 0.337. The van der Waals surface area contributed by atoms with E-state index >= 15 is 0 Å². The predicted octanol–water partition coefficient (Wildman–Crippen LogP) is 1.90. The highest BCUT2D eigenvalue weighted by atomic mass is 16.4. The molecule has 0 aliphatic heterocycles. The fourth-order valence-electron chi connectivity index (χ4n) is 3.11. The zero-order chi connectivity index (χ0) is 21.4. The van der Waals surface area contributed by atoms with Crippen LogP contribution in [0.1, 0.15) is 33.5 Å².